The molecule has 0 aliphatic heterocycles. The maximum absolute atomic E-state index is 13.3. The Kier molecular flexibility index (Phi) is 6.99. The van der Waals surface area contributed by atoms with Gasteiger partial charge in [0.2, 0.25) is 5.82 Å². The minimum Gasteiger partial charge on any atom is -0.381 e. The van der Waals surface area contributed by atoms with Crippen LogP contribution in [0.1, 0.15) is 25.3 Å². The summed E-state index contributed by atoms with van der Waals surface area (Å²) >= 11 is 0. The van der Waals surface area contributed by atoms with E-state index >= 15 is 0 Å². The summed E-state index contributed by atoms with van der Waals surface area (Å²) in [6.07, 6.45) is 1.89. The highest BCUT2D eigenvalue weighted by atomic mass is 19.1. The SMILES string of the molecule is CCCOCCCNCc1ccc([N+](=O)[O-])c(F)c1. The van der Waals surface area contributed by atoms with Crippen LogP contribution in [0, 0.1) is 15.9 Å². The lowest BCUT2D eigenvalue weighted by Crippen LogP contribution is -2.16. The molecule has 5 nitrogen and oxygen atoms in total. The van der Waals surface area contributed by atoms with Gasteiger partial charge in [-0.15, -0.1) is 0 Å². The van der Waals surface area contributed by atoms with Crippen molar-refractivity contribution in [3.63, 3.8) is 0 Å². The van der Waals surface area contributed by atoms with Gasteiger partial charge < -0.3 is 10.1 Å². The van der Waals surface area contributed by atoms with Gasteiger partial charge in [0.25, 0.3) is 0 Å². The van der Waals surface area contributed by atoms with Crippen molar-refractivity contribution in [2.24, 2.45) is 0 Å². The van der Waals surface area contributed by atoms with E-state index in [2.05, 4.69) is 12.2 Å². The molecule has 0 aromatic heterocycles. The number of ether oxygens (including phenoxy) is 1. The number of nitro benzene ring substituents is 1. The van der Waals surface area contributed by atoms with E-state index in [1.165, 1.54) is 12.1 Å². The molecule has 1 N–H and O–H groups in total. The predicted molar refractivity (Wildman–Crippen MR) is 70.5 cm³/mol. The normalized spacial score (nSPS) is 10.6. The quantitative estimate of drug-likeness (QED) is 0.425. The largest absolute Gasteiger partial charge is 0.381 e. The standard InChI is InChI=1S/C13H19FN2O3/c1-2-7-19-8-3-6-15-10-11-4-5-13(16(17)18)12(14)9-11/h4-5,9,15H,2-3,6-8,10H2,1H3. The van der Waals surface area contributed by atoms with Gasteiger partial charge in [0.05, 0.1) is 4.92 Å². The van der Waals surface area contributed by atoms with Crippen molar-refractivity contribution in [3.8, 4) is 0 Å². The highest BCUT2D eigenvalue weighted by Crippen LogP contribution is 2.17. The van der Waals surface area contributed by atoms with E-state index < -0.39 is 16.4 Å². The van der Waals surface area contributed by atoms with E-state index in [9.17, 15) is 14.5 Å². The summed E-state index contributed by atoms with van der Waals surface area (Å²) in [7, 11) is 0. The van der Waals surface area contributed by atoms with Gasteiger partial charge >= 0.3 is 5.69 Å². The number of nitrogens with zero attached hydrogens (tertiary/aromatic N) is 1. The van der Waals surface area contributed by atoms with Crippen molar-refractivity contribution in [1.29, 1.82) is 0 Å². The predicted octanol–water partition coefficient (Wildman–Crippen LogP) is 2.64. The van der Waals surface area contributed by atoms with Gasteiger partial charge in [-0.3, -0.25) is 10.1 Å². The Morgan fingerprint density at radius 1 is 1.42 bits per heavy atom. The summed E-state index contributed by atoms with van der Waals surface area (Å²) in [6, 6.07) is 3.94. The van der Waals surface area contributed by atoms with Crippen molar-refractivity contribution >= 4 is 5.69 Å². The van der Waals surface area contributed by atoms with E-state index in [0.29, 0.717) is 18.7 Å². The minimum absolute atomic E-state index is 0.489. The van der Waals surface area contributed by atoms with Crippen LogP contribution >= 0.6 is 0 Å². The fraction of sp³-hybridized carbons (Fsp3) is 0.538. The number of halogens is 1. The molecule has 0 saturated carbocycles. The van der Waals surface area contributed by atoms with Crippen LogP contribution in [-0.4, -0.2) is 24.7 Å². The summed E-state index contributed by atoms with van der Waals surface area (Å²) < 4.78 is 18.6. The first-order valence-electron chi connectivity index (χ1n) is 6.36. The average Bonchev–Trinajstić information content (AvgIpc) is 2.37. The summed E-state index contributed by atoms with van der Waals surface area (Å²) in [4.78, 5) is 9.73. The lowest BCUT2D eigenvalue weighted by molar-refractivity contribution is -0.387. The molecule has 1 rings (SSSR count). The van der Waals surface area contributed by atoms with Crippen LogP contribution in [0.2, 0.25) is 0 Å². The van der Waals surface area contributed by atoms with Crippen molar-refractivity contribution in [3.05, 3.63) is 39.7 Å². The average molecular weight is 270 g/mol. The number of benzene rings is 1. The summed E-state index contributed by atoms with van der Waals surface area (Å²) in [5, 5.41) is 13.6. The zero-order valence-corrected chi connectivity index (χ0v) is 11.0. The Morgan fingerprint density at radius 3 is 2.84 bits per heavy atom. The third-order valence-corrected chi connectivity index (χ3v) is 2.53. The topological polar surface area (TPSA) is 64.4 Å². The van der Waals surface area contributed by atoms with Crippen LogP contribution in [0.3, 0.4) is 0 Å². The number of nitrogens with one attached hydrogen (secondary N) is 1. The second kappa shape index (κ2) is 8.55. The first-order chi connectivity index (χ1) is 9.15. The third-order valence-electron chi connectivity index (χ3n) is 2.53. The van der Waals surface area contributed by atoms with Crippen molar-refractivity contribution < 1.29 is 14.1 Å². The van der Waals surface area contributed by atoms with Gasteiger partial charge in [0, 0.05) is 25.8 Å². The molecule has 0 fully saturated rings. The van der Waals surface area contributed by atoms with Crippen molar-refractivity contribution in [2.45, 2.75) is 26.3 Å². The van der Waals surface area contributed by atoms with E-state index in [1.807, 2.05) is 0 Å². The Labute approximate surface area is 111 Å². The number of hydrogen-bond acceptors (Lipinski definition) is 4. The van der Waals surface area contributed by atoms with E-state index in [1.54, 1.807) is 6.07 Å². The molecule has 0 aliphatic rings. The first kappa shape index (κ1) is 15.5. The smallest absolute Gasteiger partial charge is 0.304 e. The Morgan fingerprint density at radius 2 is 2.21 bits per heavy atom. The lowest BCUT2D eigenvalue weighted by Gasteiger charge is -2.06. The number of nitro groups is 1. The monoisotopic (exact) mass is 270 g/mol. The zero-order chi connectivity index (χ0) is 14.1. The molecule has 0 unspecified atom stereocenters. The Balaban J connectivity index is 2.26. The number of rotatable bonds is 9. The van der Waals surface area contributed by atoms with Crippen LogP contribution in [-0.2, 0) is 11.3 Å². The fourth-order valence-electron chi connectivity index (χ4n) is 1.59. The van der Waals surface area contributed by atoms with Gasteiger partial charge in [-0.05, 0) is 31.0 Å². The van der Waals surface area contributed by atoms with Crippen LogP contribution in [0.4, 0.5) is 10.1 Å². The molecule has 0 heterocycles. The van der Waals surface area contributed by atoms with Crippen molar-refractivity contribution in [1.82, 2.24) is 5.32 Å². The zero-order valence-electron chi connectivity index (χ0n) is 11.0. The maximum Gasteiger partial charge on any atom is 0.304 e. The van der Waals surface area contributed by atoms with Crippen LogP contribution in [0.5, 0.6) is 0 Å². The minimum atomic E-state index is -0.796. The van der Waals surface area contributed by atoms with Crippen molar-refractivity contribution in [2.75, 3.05) is 19.8 Å². The molecule has 0 radical (unpaired) electrons. The van der Waals surface area contributed by atoms with E-state index in [0.717, 1.165) is 26.0 Å². The molecule has 1 aromatic rings. The molecule has 0 aliphatic carbocycles. The van der Waals surface area contributed by atoms with E-state index in [4.69, 9.17) is 4.74 Å². The third kappa shape index (κ3) is 5.76. The molecular formula is C13H19FN2O3. The van der Waals surface area contributed by atoms with E-state index in [-0.39, 0.29) is 0 Å². The van der Waals surface area contributed by atoms with Crippen LogP contribution < -0.4 is 5.32 Å². The van der Waals surface area contributed by atoms with Gasteiger partial charge in [-0.1, -0.05) is 13.0 Å². The molecule has 1 aromatic carbocycles. The summed E-state index contributed by atoms with van der Waals surface area (Å²) in [5.74, 6) is -0.796. The number of hydrogen-bond donors (Lipinski definition) is 1. The molecule has 0 atom stereocenters. The molecular weight excluding hydrogens is 251 g/mol. The molecule has 19 heavy (non-hydrogen) atoms. The lowest BCUT2D eigenvalue weighted by atomic mass is 10.2. The molecule has 6 heteroatoms. The Hall–Kier alpha value is -1.53. The highest BCUT2D eigenvalue weighted by Gasteiger charge is 2.13. The second-order valence-electron chi connectivity index (χ2n) is 4.19. The second-order valence-corrected chi connectivity index (χ2v) is 4.19. The van der Waals surface area contributed by atoms with Gasteiger partial charge in [-0.2, -0.15) is 4.39 Å². The fourth-order valence-corrected chi connectivity index (χ4v) is 1.59. The van der Waals surface area contributed by atoms with Gasteiger partial charge in [0.15, 0.2) is 0 Å². The maximum atomic E-state index is 13.3. The molecule has 106 valence electrons. The molecule has 0 bridgehead atoms. The Bertz CT molecular complexity index is 413. The van der Waals surface area contributed by atoms with Crippen LogP contribution in [0.15, 0.2) is 18.2 Å². The molecule has 0 amide bonds. The molecule has 0 spiro atoms. The van der Waals surface area contributed by atoms with Gasteiger partial charge in [-0.25, -0.2) is 0 Å². The highest BCUT2D eigenvalue weighted by molar-refractivity contribution is 5.34. The summed E-state index contributed by atoms with van der Waals surface area (Å²) in [5.41, 5.74) is 0.203. The summed E-state index contributed by atoms with van der Waals surface area (Å²) in [6.45, 7) is 4.79. The van der Waals surface area contributed by atoms with Gasteiger partial charge in [0.1, 0.15) is 0 Å². The van der Waals surface area contributed by atoms with Crippen LogP contribution in [0.25, 0.3) is 0 Å². The molecule has 0 saturated heterocycles. The first-order valence-corrected chi connectivity index (χ1v) is 6.36.